The second kappa shape index (κ2) is 8.03. The van der Waals surface area contributed by atoms with Crippen molar-refractivity contribution >= 4 is 5.91 Å². The summed E-state index contributed by atoms with van der Waals surface area (Å²) in [6.45, 7) is 3.01. The number of rotatable bonds is 7. The van der Waals surface area contributed by atoms with Crippen LogP contribution in [0.1, 0.15) is 49.4 Å². The Morgan fingerprint density at radius 2 is 2.19 bits per heavy atom. The summed E-state index contributed by atoms with van der Waals surface area (Å²) in [5, 5.41) is 12.9. The van der Waals surface area contributed by atoms with Crippen LogP contribution in [0, 0.1) is 5.92 Å². The lowest BCUT2D eigenvalue weighted by molar-refractivity contribution is 0.0840. The summed E-state index contributed by atoms with van der Waals surface area (Å²) in [5.74, 6) is 0.888. The summed E-state index contributed by atoms with van der Waals surface area (Å²) in [6, 6.07) is 7.16. The number of nitrogens with one attached hydrogen (secondary N) is 1. The van der Waals surface area contributed by atoms with Crippen molar-refractivity contribution in [2.45, 2.75) is 45.1 Å². The van der Waals surface area contributed by atoms with Crippen LogP contribution in [0.2, 0.25) is 0 Å². The van der Waals surface area contributed by atoms with Crippen molar-refractivity contribution in [1.29, 1.82) is 0 Å². The van der Waals surface area contributed by atoms with E-state index in [2.05, 4.69) is 5.32 Å². The van der Waals surface area contributed by atoms with Crippen LogP contribution in [0.15, 0.2) is 24.3 Å². The third-order valence-corrected chi connectivity index (χ3v) is 3.98. The van der Waals surface area contributed by atoms with Crippen LogP contribution in [0.25, 0.3) is 0 Å². The molecule has 2 rings (SSSR count). The summed E-state index contributed by atoms with van der Waals surface area (Å²) in [6.07, 6.45) is 5.01. The topological polar surface area (TPSA) is 58.6 Å². The van der Waals surface area contributed by atoms with Gasteiger partial charge in [0.15, 0.2) is 0 Å². The smallest absolute Gasteiger partial charge is 0.251 e. The molecule has 0 saturated heterocycles. The fourth-order valence-corrected chi connectivity index (χ4v) is 2.76. The molecule has 1 atom stereocenters. The van der Waals surface area contributed by atoms with Gasteiger partial charge in [-0.05, 0) is 43.4 Å². The molecule has 116 valence electrons. The molecule has 2 N–H and O–H groups in total. The van der Waals surface area contributed by atoms with E-state index in [4.69, 9.17) is 4.74 Å². The van der Waals surface area contributed by atoms with Gasteiger partial charge in [-0.25, -0.2) is 0 Å². The van der Waals surface area contributed by atoms with Crippen LogP contribution in [-0.4, -0.2) is 30.3 Å². The second-order valence-corrected chi connectivity index (χ2v) is 5.70. The van der Waals surface area contributed by atoms with Crippen molar-refractivity contribution in [3.63, 3.8) is 0 Å². The normalized spacial score (nSPS) is 16.7. The molecule has 0 aromatic heterocycles. The molecule has 1 amide bonds. The maximum Gasteiger partial charge on any atom is 0.251 e. The molecule has 0 radical (unpaired) electrons. The van der Waals surface area contributed by atoms with E-state index in [-0.39, 0.29) is 5.91 Å². The van der Waals surface area contributed by atoms with Crippen LogP contribution < -0.4 is 10.1 Å². The highest BCUT2D eigenvalue weighted by molar-refractivity contribution is 5.94. The van der Waals surface area contributed by atoms with E-state index >= 15 is 0 Å². The highest BCUT2D eigenvalue weighted by Crippen LogP contribution is 2.27. The number of ether oxygens (including phenoxy) is 1. The molecule has 1 fully saturated rings. The maximum absolute atomic E-state index is 12.1. The van der Waals surface area contributed by atoms with Crippen LogP contribution in [0.3, 0.4) is 0 Å². The molecule has 1 aliphatic carbocycles. The van der Waals surface area contributed by atoms with E-state index in [9.17, 15) is 9.90 Å². The molecule has 0 heterocycles. The zero-order valence-electron chi connectivity index (χ0n) is 12.7. The Bertz CT molecular complexity index is 455. The van der Waals surface area contributed by atoms with E-state index in [0.717, 1.165) is 19.3 Å². The van der Waals surface area contributed by atoms with Gasteiger partial charge in [-0.15, -0.1) is 0 Å². The van der Waals surface area contributed by atoms with E-state index in [1.807, 2.05) is 19.1 Å². The van der Waals surface area contributed by atoms with E-state index in [1.165, 1.54) is 12.8 Å². The van der Waals surface area contributed by atoms with Crippen LogP contribution in [0.4, 0.5) is 0 Å². The number of aliphatic hydroxyl groups is 1. The van der Waals surface area contributed by atoms with Gasteiger partial charge in [-0.3, -0.25) is 4.79 Å². The molecule has 21 heavy (non-hydrogen) atoms. The van der Waals surface area contributed by atoms with Crippen LogP contribution in [-0.2, 0) is 0 Å². The molecule has 1 aliphatic rings. The molecule has 0 spiro atoms. The molecule has 0 bridgehead atoms. The van der Waals surface area contributed by atoms with E-state index < -0.39 is 6.10 Å². The fraction of sp³-hybridized carbons (Fsp3) is 0.588. The number of hydrogen-bond donors (Lipinski definition) is 2. The molecular weight excluding hydrogens is 266 g/mol. The largest absolute Gasteiger partial charge is 0.494 e. The van der Waals surface area contributed by atoms with Gasteiger partial charge >= 0.3 is 0 Å². The average Bonchev–Trinajstić information content (AvgIpc) is 3.05. The van der Waals surface area contributed by atoms with Gasteiger partial charge in [0.25, 0.3) is 5.91 Å². The zero-order valence-corrected chi connectivity index (χ0v) is 12.7. The van der Waals surface area contributed by atoms with Crippen molar-refractivity contribution in [1.82, 2.24) is 5.32 Å². The molecule has 4 heteroatoms. The first-order valence-electron chi connectivity index (χ1n) is 7.90. The van der Waals surface area contributed by atoms with Crippen molar-refractivity contribution in [2.24, 2.45) is 5.92 Å². The standard InChI is InChI=1S/C17H25NO3/c1-2-10-21-15-9-5-8-14(11-15)17(20)18-12-16(19)13-6-3-4-7-13/h5,8-9,11,13,16,19H,2-4,6-7,10,12H2,1H3,(H,18,20). The molecule has 1 saturated carbocycles. The Kier molecular flexibility index (Phi) is 6.05. The van der Waals surface area contributed by atoms with E-state index in [0.29, 0.717) is 30.4 Å². The minimum atomic E-state index is -0.434. The van der Waals surface area contributed by atoms with E-state index in [1.54, 1.807) is 12.1 Å². The number of amides is 1. The molecule has 4 nitrogen and oxygen atoms in total. The summed E-state index contributed by atoms with van der Waals surface area (Å²) in [5.41, 5.74) is 0.572. The minimum Gasteiger partial charge on any atom is -0.494 e. The van der Waals surface area contributed by atoms with Crippen LogP contribution in [0.5, 0.6) is 5.75 Å². The summed E-state index contributed by atoms with van der Waals surface area (Å²) >= 11 is 0. The molecule has 1 unspecified atom stereocenters. The average molecular weight is 291 g/mol. The predicted molar refractivity (Wildman–Crippen MR) is 82.5 cm³/mol. The van der Waals surface area contributed by atoms with Gasteiger partial charge in [0, 0.05) is 12.1 Å². The van der Waals surface area contributed by atoms with Gasteiger partial charge in [0.1, 0.15) is 5.75 Å². The summed E-state index contributed by atoms with van der Waals surface area (Å²) < 4.78 is 5.52. The number of carbonyl (C=O) groups is 1. The van der Waals surface area contributed by atoms with Crippen molar-refractivity contribution in [3.05, 3.63) is 29.8 Å². The molecular formula is C17H25NO3. The third-order valence-electron chi connectivity index (χ3n) is 3.98. The first-order chi connectivity index (χ1) is 10.2. The van der Waals surface area contributed by atoms with Gasteiger partial charge in [0.05, 0.1) is 12.7 Å². The number of aliphatic hydroxyl groups excluding tert-OH is 1. The van der Waals surface area contributed by atoms with Gasteiger partial charge < -0.3 is 15.2 Å². The second-order valence-electron chi connectivity index (χ2n) is 5.70. The highest BCUT2D eigenvalue weighted by atomic mass is 16.5. The maximum atomic E-state index is 12.1. The lowest BCUT2D eigenvalue weighted by Crippen LogP contribution is -2.35. The first kappa shape index (κ1) is 15.8. The Labute approximate surface area is 126 Å². The minimum absolute atomic E-state index is 0.158. The molecule has 1 aromatic carbocycles. The van der Waals surface area contributed by atoms with Crippen molar-refractivity contribution < 1.29 is 14.6 Å². The Hall–Kier alpha value is -1.55. The monoisotopic (exact) mass is 291 g/mol. The lowest BCUT2D eigenvalue weighted by Gasteiger charge is -2.18. The van der Waals surface area contributed by atoms with Crippen molar-refractivity contribution in [3.8, 4) is 5.75 Å². The molecule has 0 aliphatic heterocycles. The molecule has 1 aromatic rings. The quantitative estimate of drug-likeness (QED) is 0.812. The van der Waals surface area contributed by atoms with Gasteiger partial charge in [-0.2, -0.15) is 0 Å². The first-order valence-corrected chi connectivity index (χ1v) is 7.90. The van der Waals surface area contributed by atoms with Gasteiger partial charge in [0.2, 0.25) is 0 Å². The van der Waals surface area contributed by atoms with Crippen molar-refractivity contribution in [2.75, 3.05) is 13.2 Å². The lowest BCUT2D eigenvalue weighted by atomic mass is 10.0. The Morgan fingerprint density at radius 3 is 2.90 bits per heavy atom. The van der Waals surface area contributed by atoms with Crippen LogP contribution >= 0.6 is 0 Å². The van der Waals surface area contributed by atoms with Gasteiger partial charge in [-0.1, -0.05) is 25.8 Å². The number of benzene rings is 1. The summed E-state index contributed by atoms with van der Waals surface area (Å²) in [4.78, 5) is 12.1. The zero-order chi connectivity index (χ0) is 15.1. The summed E-state index contributed by atoms with van der Waals surface area (Å²) in [7, 11) is 0. The highest BCUT2D eigenvalue weighted by Gasteiger charge is 2.23. The predicted octanol–water partition coefficient (Wildman–Crippen LogP) is 2.76. The number of carbonyl (C=O) groups excluding carboxylic acids is 1. The Balaban J connectivity index is 1.84. The third kappa shape index (κ3) is 4.74. The Morgan fingerprint density at radius 1 is 1.43 bits per heavy atom. The fourth-order valence-electron chi connectivity index (χ4n) is 2.76. The number of hydrogen-bond acceptors (Lipinski definition) is 3. The SMILES string of the molecule is CCCOc1cccc(C(=O)NCC(O)C2CCCC2)c1.